The summed E-state index contributed by atoms with van der Waals surface area (Å²) in [6.07, 6.45) is -0.607. The van der Waals surface area contributed by atoms with Gasteiger partial charge in [-0.25, -0.2) is 0 Å². The number of likely N-dealkylation sites (tertiary alicyclic amines) is 1. The van der Waals surface area contributed by atoms with Crippen LogP contribution in [0.3, 0.4) is 0 Å². The maximum Gasteiger partial charge on any atom is 0.471 e. The van der Waals surface area contributed by atoms with E-state index in [1.807, 2.05) is 0 Å². The molecule has 17 heavy (non-hydrogen) atoms. The summed E-state index contributed by atoms with van der Waals surface area (Å²) in [5, 5.41) is 0. The number of alkyl halides is 3. The zero-order valence-corrected chi connectivity index (χ0v) is 8.94. The summed E-state index contributed by atoms with van der Waals surface area (Å²) in [5.74, 6) is -1.75. The second kappa shape index (κ2) is 4.35. The number of amides is 1. The number of pyridine rings is 1. The van der Waals surface area contributed by atoms with E-state index >= 15 is 0 Å². The summed E-state index contributed by atoms with van der Waals surface area (Å²) in [5.41, 5.74) is 0.704. The first-order chi connectivity index (χ1) is 8.00. The molecule has 1 aliphatic rings. The van der Waals surface area contributed by atoms with Gasteiger partial charge < -0.3 is 4.90 Å². The Bertz CT molecular complexity index is 405. The fourth-order valence-corrected chi connectivity index (χ4v) is 2.10. The van der Waals surface area contributed by atoms with E-state index in [4.69, 9.17) is 0 Å². The summed E-state index contributed by atoms with van der Waals surface area (Å²) in [6.45, 7) is 0.158. The van der Waals surface area contributed by atoms with Crippen molar-refractivity contribution in [1.29, 1.82) is 0 Å². The van der Waals surface area contributed by atoms with Crippen LogP contribution >= 0.6 is 0 Å². The molecule has 2 heterocycles. The molecule has 0 radical (unpaired) electrons. The minimum Gasteiger partial charge on any atom is -0.328 e. The maximum absolute atomic E-state index is 12.4. The number of rotatable bonds is 1. The predicted molar refractivity (Wildman–Crippen MR) is 54.0 cm³/mol. The van der Waals surface area contributed by atoms with E-state index in [0.717, 1.165) is 4.90 Å². The first-order valence-electron chi connectivity index (χ1n) is 5.28. The van der Waals surface area contributed by atoms with E-state index in [9.17, 15) is 18.0 Å². The standard InChI is InChI=1S/C11H11F3N2O/c12-11(13,14)10(17)16-7-1-2-9(16)8-3-5-15-6-4-8/h3-6,9H,1-2,7H2. The predicted octanol–water partition coefficient (Wildman–Crippen LogP) is 2.31. The number of halogens is 3. The van der Waals surface area contributed by atoms with Gasteiger partial charge in [0.25, 0.3) is 0 Å². The fraction of sp³-hybridized carbons (Fsp3) is 0.455. The summed E-state index contributed by atoms with van der Waals surface area (Å²) in [7, 11) is 0. The molecule has 0 aliphatic carbocycles. The molecule has 1 amide bonds. The molecule has 0 N–H and O–H groups in total. The minimum atomic E-state index is -4.80. The molecule has 0 saturated carbocycles. The summed E-state index contributed by atoms with van der Waals surface area (Å²) in [6, 6.07) is 2.81. The number of carbonyl (C=O) groups excluding carboxylic acids is 1. The average Bonchev–Trinajstić information content (AvgIpc) is 2.76. The number of carbonyl (C=O) groups is 1. The van der Waals surface area contributed by atoms with Gasteiger partial charge in [-0.3, -0.25) is 9.78 Å². The van der Waals surface area contributed by atoms with Crippen LogP contribution in [0.4, 0.5) is 13.2 Å². The third kappa shape index (κ3) is 2.40. The van der Waals surface area contributed by atoms with E-state index in [1.165, 1.54) is 12.4 Å². The van der Waals surface area contributed by atoms with Gasteiger partial charge in [-0.05, 0) is 30.5 Å². The van der Waals surface area contributed by atoms with Crippen LogP contribution < -0.4 is 0 Å². The highest BCUT2D eigenvalue weighted by Gasteiger charge is 2.46. The van der Waals surface area contributed by atoms with Crippen LogP contribution in [0.15, 0.2) is 24.5 Å². The molecular formula is C11H11F3N2O. The number of hydrogen-bond acceptors (Lipinski definition) is 2. The quantitative estimate of drug-likeness (QED) is 0.759. The van der Waals surface area contributed by atoms with Gasteiger partial charge in [0.2, 0.25) is 0 Å². The van der Waals surface area contributed by atoms with Crippen LogP contribution in [-0.2, 0) is 4.79 Å². The van der Waals surface area contributed by atoms with Crippen molar-refractivity contribution >= 4 is 5.91 Å². The Morgan fingerprint density at radius 3 is 2.59 bits per heavy atom. The second-order valence-corrected chi connectivity index (χ2v) is 3.93. The van der Waals surface area contributed by atoms with Crippen molar-refractivity contribution in [2.45, 2.75) is 25.1 Å². The van der Waals surface area contributed by atoms with Crippen LogP contribution in [0.5, 0.6) is 0 Å². The van der Waals surface area contributed by atoms with Crippen molar-refractivity contribution < 1.29 is 18.0 Å². The van der Waals surface area contributed by atoms with Crippen LogP contribution in [0.25, 0.3) is 0 Å². The summed E-state index contributed by atoms with van der Waals surface area (Å²) < 4.78 is 37.2. The molecule has 1 atom stereocenters. The lowest BCUT2D eigenvalue weighted by molar-refractivity contribution is -0.186. The third-order valence-corrected chi connectivity index (χ3v) is 2.85. The first-order valence-corrected chi connectivity index (χ1v) is 5.28. The largest absolute Gasteiger partial charge is 0.471 e. The van der Waals surface area contributed by atoms with Gasteiger partial charge in [-0.2, -0.15) is 13.2 Å². The fourth-order valence-electron chi connectivity index (χ4n) is 2.10. The summed E-state index contributed by atoms with van der Waals surface area (Å²) >= 11 is 0. The Morgan fingerprint density at radius 2 is 2.00 bits per heavy atom. The zero-order chi connectivity index (χ0) is 12.5. The molecule has 92 valence electrons. The molecule has 0 spiro atoms. The molecule has 1 aromatic heterocycles. The van der Waals surface area contributed by atoms with Crippen molar-refractivity contribution in [2.75, 3.05) is 6.54 Å². The molecule has 3 nitrogen and oxygen atoms in total. The normalized spacial score (nSPS) is 20.6. The van der Waals surface area contributed by atoms with Crippen molar-refractivity contribution in [3.63, 3.8) is 0 Å². The van der Waals surface area contributed by atoms with Gasteiger partial charge >= 0.3 is 12.1 Å². The smallest absolute Gasteiger partial charge is 0.328 e. The molecule has 0 bridgehead atoms. The third-order valence-electron chi connectivity index (χ3n) is 2.85. The van der Waals surface area contributed by atoms with Crippen LogP contribution in [-0.4, -0.2) is 28.5 Å². The highest BCUT2D eigenvalue weighted by atomic mass is 19.4. The number of hydrogen-bond donors (Lipinski definition) is 0. The Morgan fingerprint density at radius 1 is 1.35 bits per heavy atom. The van der Waals surface area contributed by atoms with Crippen LogP contribution in [0.2, 0.25) is 0 Å². The van der Waals surface area contributed by atoms with Crippen molar-refractivity contribution in [2.24, 2.45) is 0 Å². The van der Waals surface area contributed by atoms with Gasteiger partial charge in [0.1, 0.15) is 0 Å². The maximum atomic E-state index is 12.4. The Hall–Kier alpha value is -1.59. The van der Waals surface area contributed by atoms with Crippen molar-refractivity contribution in [1.82, 2.24) is 9.88 Å². The average molecular weight is 244 g/mol. The molecule has 1 fully saturated rings. The highest BCUT2D eigenvalue weighted by molar-refractivity contribution is 5.82. The van der Waals surface area contributed by atoms with E-state index < -0.39 is 18.1 Å². The number of aromatic nitrogens is 1. The molecule has 2 rings (SSSR count). The zero-order valence-electron chi connectivity index (χ0n) is 8.94. The van der Waals surface area contributed by atoms with Crippen LogP contribution in [0.1, 0.15) is 24.4 Å². The van der Waals surface area contributed by atoms with Gasteiger partial charge in [-0.1, -0.05) is 0 Å². The second-order valence-electron chi connectivity index (χ2n) is 3.93. The molecule has 6 heteroatoms. The number of nitrogens with zero attached hydrogens (tertiary/aromatic N) is 2. The topological polar surface area (TPSA) is 33.2 Å². The molecule has 1 aliphatic heterocycles. The lowest BCUT2D eigenvalue weighted by atomic mass is 10.1. The van der Waals surface area contributed by atoms with E-state index in [0.29, 0.717) is 18.4 Å². The SMILES string of the molecule is O=C(N1CCCC1c1ccncc1)C(F)(F)F. The molecule has 1 aromatic rings. The van der Waals surface area contributed by atoms with Gasteiger partial charge in [0.15, 0.2) is 0 Å². The molecule has 0 aromatic carbocycles. The molecular weight excluding hydrogens is 233 g/mol. The summed E-state index contributed by atoms with van der Waals surface area (Å²) in [4.78, 5) is 15.9. The monoisotopic (exact) mass is 244 g/mol. The van der Waals surface area contributed by atoms with Crippen LogP contribution in [0, 0.1) is 0 Å². The van der Waals surface area contributed by atoms with E-state index in [1.54, 1.807) is 12.1 Å². The van der Waals surface area contributed by atoms with Gasteiger partial charge in [0, 0.05) is 18.9 Å². The Kier molecular flexibility index (Phi) is 3.04. The van der Waals surface area contributed by atoms with E-state index in [2.05, 4.69) is 4.98 Å². The van der Waals surface area contributed by atoms with E-state index in [-0.39, 0.29) is 6.54 Å². The Balaban J connectivity index is 2.22. The molecule has 1 unspecified atom stereocenters. The lowest BCUT2D eigenvalue weighted by Crippen LogP contribution is -2.40. The lowest BCUT2D eigenvalue weighted by Gasteiger charge is -2.25. The molecule has 1 saturated heterocycles. The van der Waals surface area contributed by atoms with Gasteiger partial charge in [0.05, 0.1) is 6.04 Å². The highest BCUT2D eigenvalue weighted by Crippen LogP contribution is 2.34. The van der Waals surface area contributed by atoms with Crippen molar-refractivity contribution in [3.8, 4) is 0 Å². The van der Waals surface area contributed by atoms with Gasteiger partial charge in [-0.15, -0.1) is 0 Å². The minimum absolute atomic E-state index is 0.158. The first kappa shape index (κ1) is 11.9. The Labute approximate surface area is 96.3 Å². The van der Waals surface area contributed by atoms with Crippen molar-refractivity contribution in [3.05, 3.63) is 30.1 Å².